The Balaban J connectivity index is 2.80. The fourth-order valence-electron chi connectivity index (χ4n) is 1.53. The maximum absolute atomic E-state index is 11.5. The molecule has 0 saturated heterocycles. The number of halogens is 1. The molecule has 0 aliphatic heterocycles. The van der Waals surface area contributed by atoms with Gasteiger partial charge in [-0.1, -0.05) is 12.1 Å². The summed E-state index contributed by atoms with van der Waals surface area (Å²) in [6.07, 6.45) is 1.83. The van der Waals surface area contributed by atoms with E-state index in [9.17, 15) is 8.42 Å². The van der Waals surface area contributed by atoms with Gasteiger partial charge in [-0.2, -0.15) is 0 Å². The average molecular weight is 368 g/mol. The van der Waals surface area contributed by atoms with Crippen LogP contribution >= 0.6 is 22.6 Å². The van der Waals surface area contributed by atoms with E-state index in [1.807, 2.05) is 24.3 Å². The molecule has 0 bridgehead atoms. The largest absolute Gasteiger partial charge is 0.271 e. The van der Waals surface area contributed by atoms with Crippen molar-refractivity contribution in [1.82, 2.24) is 5.43 Å². The molecule has 0 spiro atoms. The van der Waals surface area contributed by atoms with E-state index in [-0.39, 0.29) is 6.04 Å². The van der Waals surface area contributed by atoms with Crippen LogP contribution < -0.4 is 11.3 Å². The van der Waals surface area contributed by atoms with Gasteiger partial charge >= 0.3 is 0 Å². The smallest absolute Gasteiger partial charge is 0.151 e. The third kappa shape index (κ3) is 4.53. The number of sulfone groups is 1. The van der Waals surface area contributed by atoms with Crippen LogP contribution in [0.4, 0.5) is 0 Å². The molecule has 0 aliphatic carbocycles. The monoisotopic (exact) mass is 368 g/mol. The molecular formula is C11H17IN2O2S. The summed E-state index contributed by atoms with van der Waals surface area (Å²) >= 11 is 2.23. The van der Waals surface area contributed by atoms with Crippen LogP contribution in [0.2, 0.25) is 0 Å². The molecule has 0 saturated carbocycles. The van der Waals surface area contributed by atoms with Gasteiger partial charge in [0.15, 0.2) is 9.84 Å². The lowest BCUT2D eigenvalue weighted by atomic mass is 10.0. The molecular weight excluding hydrogens is 351 g/mol. The Hall–Kier alpha value is -0.180. The number of hydrogen-bond acceptors (Lipinski definition) is 4. The van der Waals surface area contributed by atoms with Crippen LogP contribution in [0.15, 0.2) is 24.3 Å². The van der Waals surface area contributed by atoms with Crippen molar-refractivity contribution in [2.45, 2.75) is 24.6 Å². The fourth-order valence-corrected chi connectivity index (χ4v) is 2.66. The van der Waals surface area contributed by atoms with Gasteiger partial charge in [0.1, 0.15) is 0 Å². The second-order valence-corrected chi connectivity index (χ2v) is 7.79. The van der Waals surface area contributed by atoms with E-state index >= 15 is 0 Å². The fraction of sp³-hybridized carbons (Fsp3) is 0.455. The second-order valence-electron chi connectivity index (χ2n) is 4.14. The summed E-state index contributed by atoms with van der Waals surface area (Å²) < 4.78 is 24.1. The molecule has 0 fully saturated rings. The molecule has 4 nitrogen and oxygen atoms in total. The van der Waals surface area contributed by atoms with Crippen molar-refractivity contribution in [2.75, 3.05) is 6.26 Å². The van der Waals surface area contributed by atoms with E-state index in [0.717, 1.165) is 9.13 Å². The van der Waals surface area contributed by atoms with E-state index in [1.54, 1.807) is 6.92 Å². The highest BCUT2D eigenvalue weighted by molar-refractivity contribution is 14.1. The third-order valence-electron chi connectivity index (χ3n) is 2.82. The Morgan fingerprint density at radius 3 is 2.29 bits per heavy atom. The topological polar surface area (TPSA) is 72.2 Å². The molecule has 2 unspecified atom stereocenters. The van der Waals surface area contributed by atoms with Gasteiger partial charge in [-0.3, -0.25) is 11.3 Å². The second kappa shape index (κ2) is 6.12. The summed E-state index contributed by atoms with van der Waals surface area (Å²) in [6, 6.07) is 7.69. The first-order valence-corrected chi connectivity index (χ1v) is 8.27. The van der Waals surface area contributed by atoms with Crippen molar-refractivity contribution in [3.63, 3.8) is 0 Å². The van der Waals surface area contributed by atoms with Crippen LogP contribution in [0.25, 0.3) is 0 Å². The molecule has 0 amide bonds. The van der Waals surface area contributed by atoms with Crippen molar-refractivity contribution in [2.24, 2.45) is 5.84 Å². The minimum absolute atomic E-state index is 0.273. The summed E-state index contributed by atoms with van der Waals surface area (Å²) in [6.45, 7) is 1.67. The number of nitrogens with one attached hydrogen (secondary N) is 1. The van der Waals surface area contributed by atoms with Gasteiger partial charge in [-0.25, -0.2) is 8.42 Å². The van der Waals surface area contributed by atoms with Crippen molar-refractivity contribution in [3.8, 4) is 0 Å². The molecule has 0 aromatic heterocycles. The lowest BCUT2D eigenvalue weighted by molar-refractivity contribution is 0.494. The maximum Gasteiger partial charge on any atom is 0.151 e. The lowest BCUT2D eigenvalue weighted by Gasteiger charge is -2.21. The van der Waals surface area contributed by atoms with E-state index in [0.29, 0.717) is 6.42 Å². The predicted octanol–water partition coefficient (Wildman–Crippen LogP) is 1.10. The standard InChI is InChI=1S/C11H17IN2O2S/c1-8(17(2,15)16)11(14-13)7-9-3-5-10(12)6-4-9/h3-6,8,11,14H,7,13H2,1-2H3. The van der Waals surface area contributed by atoms with Gasteiger partial charge in [0, 0.05) is 15.9 Å². The number of hydrazine groups is 1. The highest BCUT2D eigenvalue weighted by Gasteiger charge is 2.25. The van der Waals surface area contributed by atoms with Gasteiger partial charge in [-0.05, 0) is 53.6 Å². The number of benzene rings is 1. The molecule has 1 rings (SSSR count). The van der Waals surface area contributed by atoms with Crippen LogP contribution in [0.5, 0.6) is 0 Å². The van der Waals surface area contributed by atoms with Crippen molar-refractivity contribution < 1.29 is 8.42 Å². The van der Waals surface area contributed by atoms with Crippen molar-refractivity contribution >= 4 is 32.4 Å². The van der Waals surface area contributed by atoms with Crippen LogP contribution in [0.1, 0.15) is 12.5 Å². The minimum Gasteiger partial charge on any atom is -0.271 e. The highest BCUT2D eigenvalue weighted by atomic mass is 127. The van der Waals surface area contributed by atoms with E-state index < -0.39 is 15.1 Å². The normalized spacial score (nSPS) is 15.5. The predicted molar refractivity (Wildman–Crippen MR) is 78.3 cm³/mol. The van der Waals surface area contributed by atoms with Crippen molar-refractivity contribution in [3.05, 3.63) is 33.4 Å². The quantitative estimate of drug-likeness (QED) is 0.464. The summed E-state index contributed by atoms with van der Waals surface area (Å²) in [5, 5.41) is -0.508. The molecule has 17 heavy (non-hydrogen) atoms. The zero-order valence-corrected chi connectivity index (χ0v) is 12.8. The molecule has 6 heteroatoms. The van der Waals surface area contributed by atoms with Crippen molar-refractivity contribution in [1.29, 1.82) is 0 Å². The van der Waals surface area contributed by atoms with Gasteiger partial charge in [-0.15, -0.1) is 0 Å². The van der Waals surface area contributed by atoms with Crippen LogP contribution in [-0.4, -0.2) is 26.0 Å². The first kappa shape index (κ1) is 14.9. The van der Waals surface area contributed by atoms with Gasteiger partial charge < -0.3 is 0 Å². The third-order valence-corrected chi connectivity index (χ3v) is 5.22. The maximum atomic E-state index is 11.5. The SMILES string of the molecule is CC(C(Cc1ccc(I)cc1)NN)S(C)(=O)=O. The summed E-state index contributed by atoms with van der Waals surface area (Å²) in [4.78, 5) is 0. The molecule has 96 valence electrons. The van der Waals surface area contributed by atoms with Crippen LogP contribution in [0.3, 0.4) is 0 Å². The number of hydrogen-bond donors (Lipinski definition) is 2. The Morgan fingerprint density at radius 1 is 1.35 bits per heavy atom. The molecule has 0 radical (unpaired) electrons. The van der Waals surface area contributed by atoms with Gasteiger partial charge in [0.05, 0.1) is 5.25 Å². The molecule has 0 aliphatic rings. The molecule has 1 aromatic rings. The summed E-state index contributed by atoms with van der Waals surface area (Å²) in [5.41, 5.74) is 3.66. The molecule has 1 aromatic carbocycles. The Morgan fingerprint density at radius 2 is 1.88 bits per heavy atom. The lowest BCUT2D eigenvalue weighted by Crippen LogP contribution is -2.47. The van der Waals surface area contributed by atoms with E-state index in [1.165, 1.54) is 6.26 Å². The van der Waals surface area contributed by atoms with Crippen LogP contribution in [0, 0.1) is 3.57 Å². The molecule has 2 atom stereocenters. The van der Waals surface area contributed by atoms with Gasteiger partial charge in [0.2, 0.25) is 0 Å². The first-order chi connectivity index (χ1) is 7.84. The summed E-state index contributed by atoms with van der Waals surface area (Å²) in [7, 11) is -3.09. The Labute approximate surface area is 116 Å². The first-order valence-electron chi connectivity index (χ1n) is 5.24. The zero-order chi connectivity index (χ0) is 13.1. The molecule has 3 N–H and O–H groups in total. The minimum atomic E-state index is -3.09. The van der Waals surface area contributed by atoms with E-state index in [2.05, 4.69) is 28.0 Å². The molecule has 0 heterocycles. The zero-order valence-electron chi connectivity index (χ0n) is 9.85. The van der Waals surface area contributed by atoms with E-state index in [4.69, 9.17) is 5.84 Å². The average Bonchev–Trinajstić information content (AvgIpc) is 2.26. The number of nitrogens with two attached hydrogens (primary N) is 1. The Kier molecular flexibility index (Phi) is 5.36. The highest BCUT2D eigenvalue weighted by Crippen LogP contribution is 2.12. The summed E-state index contributed by atoms with van der Waals surface area (Å²) in [5.74, 6) is 5.43. The van der Waals surface area contributed by atoms with Gasteiger partial charge in [0.25, 0.3) is 0 Å². The number of rotatable bonds is 5. The Bertz CT molecular complexity index is 459. The van der Waals surface area contributed by atoms with Crippen LogP contribution in [-0.2, 0) is 16.3 Å².